The number of carbonyl (C=O) groups excluding carboxylic acids is 1. The van der Waals surface area contributed by atoms with Gasteiger partial charge in [0.2, 0.25) is 0 Å². The van der Waals surface area contributed by atoms with E-state index in [0.29, 0.717) is 17.1 Å². The molecule has 0 aliphatic rings. The number of hydrogen-bond acceptors (Lipinski definition) is 3. The number of anilines is 1. The number of aryl methyl sites for hydroxylation is 1. The van der Waals surface area contributed by atoms with Crippen LogP contribution in [0.25, 0.3) is 10.1 Å². The molecule has 0 spiro atoms. The van der Waals surface area contributed by atoms with Crippen molar-refractivity contribution in [2.24, 2.45) is 0 Å². The van der Waals surface area contributed by atoms with E-state index >= 15 is 0 Å². The highest BCUT2D eigenvalue weighted by atomic mass is 32.1. The molecule has 1 amide bonds. The standard InChI is InChI=1S/C12H14N2OS/c1-3-14-12(15)11-10(13)8-5-4-7(2)6-9(8)16-11/h4-6H,3,13H2,1-2H3,(H,14,15). The SMILES string of the molecule is CCNC(=O)c1sc2cc(C)ccc2c1N. The molecule has 84 valence electrons. The van der Waals surface area contributed by atoms with E-state index in [4.69, 9.17) is 5.73 Å². The molecule has 0 radical (unpaired) electrons. The Hall–Kier alpha value is -1.55. The van der Waals surface area contributed by atoms with Crippen molar-refractivity contribution in [3.63, 3.8) is 0 Å². The third kappa shape index (κ3) is 1.76. The lowest BCUT2D eigenvalue weighted by atomic mass is 10.1. The molecule has 1 aromatic heterocycles. The minimum absolute atomic E-state index is 0.0844. The van der Waals surface area contributed by atoms with E-state index in [-0.39, 0.29) is 5.91 Å². The number of nitrogens with two attached hydrogens (primary N) is 1. The Morgan fingerprint density at radius 3 is 2.94 bits per heavy atom. The zero-order chi connectivity index (χ0) is 11.7. The minimum atomic E-state index is -0.0844. The number of benzene rings is 1. The van der Waals surface area contributed by atoms with E-state index < -0.39 is 0 Å². The van der Waals surface area contributed by atoms with Crippen LogP contribution in [0.15, 0.2) is 18.2 Å². The highest BCUT2D eigenvalue weighted by molar-refractivity contribution is 7.21. The molecule has 0 aliphatic carbocycles. The molecule has 16 heavy (non-hydrogen) atoms. The summed E-state index contributed by atoms with van der Waals surface area (Å²) in [6.07, 6.45) is 0. The number of fused-ring (bicyclic) bond motifs is 1. The van der Waals surface area contributed by atoms with Gasteiger partial charge < -0.3 is 11.1 Å². The van der Waals surface area contributed by atoms with Crippen LogP contribution < -0.4 is 11.1 Å². The zero-order valence-corrected chi connectivity index (χ0v) is 10.1. The Labute approximate surface area is 98.3 Å². The molecule has 0 fully saturated rings. The van der Waals surface area contributed by atoms with Gasteiger partial charge in [-0.15, -0.1) is 11.3 Å². The molecular formula is C12H14N2OS. The molecule has 0 atom stereocenters. The van der Waals surface area contributed by atoms with Gasteiger partial charge in [0, 0.05) is 16.6 Å². The normalized spacial score (nSPS) is 10.6. The number of amides is 1. The highest BCUT2D eigenvalue weighted by Gasteiger charge is 2.15. The summed E-state index contributed by atoms with van der Waals surface area (Å²) in [5, 5.41) is 3.74. The summed E-state index contributed by atoms with van der Waals surface area (Å²) in [5.41, 5.74) is 7.74. The van der Waals surface area contributed by atoms with Crippen molar-refractivity contribution in [3.8, 4) is 0 Å². The third-order valence-electron chi connectivity index (χ3n) is 2.43. The lowest BCUT2D eigenvalue weighted by Gasteiger charge is -1.99. The van der Waals surface area contributed by atoms with Crippen LogP contribution in [0.3, 0.4) is 0 Å². The number of rotatable bonds is 2. The first-order valence-electron chi connectivity index (χ1n) is 5.20. The largest absolute Gasteiger partial charge is 0.397 e. The maximum absolute atomic E-state index is 11.7. The second-order valence-corrected chi connectivity index (χ2v) is 4.76. The van der Waals surface area contributed by atoms with Crippen molar-refractivity contribution < 1.29 is 4.79 Å². The van der Waals surface area contributed by atoms with Crippen molar-refractivity contribution >= 4 is 33.0 Å². The predicted octanol–water partition coefficient (Wildman–Crippen LogP) is 2.54. The van der Waals surface area contributed by atoms with E-state index in [1.807, 2.05) is 26.0 Å². The van der Waals surface area contributed by atoms with Gasteiger partial charge >= 0.3 is 0 Å². The minimum Gasteiger partial charge on any atom is -0.397 e. The fraction of sp³-hybridized carbons (Fsp3) is 0.250. The van der Waals surface area contributed by atoms with Crippen LogP contribution >= 0.6 is 11.3 Å². The lowest BCUT2D eigenvalue weighted by Crippen LogP contribution is -2.22. The van der Waals surface area contributed by atoms with Gasteiger partial charge in [-0.2, -0.15) is 0 Å². The maximum atomic E-state index is 11.7. The molecule has 3 nitrogen and oxygen atoms in total. The Kier molecular flexibility index (Phi) is 2.83. The summed E-state index contributed by atoms with van der Waals surface area (Å²) < 4.78 is 1.07. The zero-order valence-electron chi connectivity index (χ0n) is 9.33. The molecule has 0 saturated heterocycles. The van der Waals surface area contributed by atoms with Crippen molar-refractivity contribution in [3.05, 3.63) is 28.6 Å². The van der Waals surface area contributed by atoms with E-state index in [1.165, 1.54) is 16.9 Å². The van der Waals surface area contributed by atoms with Gasteiger partial charge in [-0.25, -0.2) is 0 Å². The predicted molar refractivity (Wildman–Crippen MR) is 69.0 cm³/mol. The van der Waals surface area contributed by atoms with Crippen molar-refractivity contribution in [1.82, 2.24) is 5.32 Å². The third-order valence-corrected chi connectivity index (χ3v) is 3.59. The smallest absolute Gasteiger partial charge is 0.263 e. The molecule has 0 bridgehead atoms. The molecule has 3 N–H and O–H groups in total. The van der Waals surface area contributed by atoms with Gasteiger partial charge in [0.05, 0.1) is 5.69 Å². The maximum Gasteiger partial charge on any atom is 0.263 e. The lowest BCUT2D eigenvalue weighted by molar-refractivity contribution is 0.0960. The Morgan fingerprint density at radius 1 is 1.50 bits per heavy atom. The average molecular weight is 234 g/mol. The van der Waals surface area contributed by atoms with Crippen molar-refractivity contribution in [2.75, 3.05) is 12.3 Å². The topological polar surface area (TPSA) is 55.1 Å². The van der Waals surface area contributed by atoms with E-state index in [2.05, 4.69) is 11.4 Å². The van der Waals surface area contributed by atoms with Crippen LogP contribution in [0.5, 0.6) is 0 Å². The Bertz CT molecular complexity index is 545. The highest BCUT2D eigenvalue weighted by Crippen LogP contribution is 2.33. The van der Waals surface area contributed by atoms with Crippen LogP contribution in [-0.4, -0.2) is 12.5 Å². The molecule has 2 aromatic rings. The second-order valence-electron chi connectivity index (χ2n) is 3.70. The number of hydrogen-bond donors (Lipinski definition) is 2. The molecule has 1 aromatic carbocycles. The number of nitrogens with one attached hydrogen (secondary N) is 1. The average Bonchev–Trinajstić information content (AvgIpc) is 2.56. The fourth-order valence-electron chi connectivity index (χ4n) is 1.63. The van der Waals surface area contributed by atoms with Crippen LogP contribution in [0.2, 0.25) is 0 Å². The van der Waals surface area contributed by atoms with Gasteiger partial charge in [-0.3, -0.25) is 4.79 Å². The number of thiophene rings is 1. The monoisotopic (exact) mass is 234 g/mol. The van der Waals surface area contributed by atoms with Crippen LogP contribution in [0.1, 0.15) is 22.2 Å². The van der Waals surface area contributed by atoms with Crippen LogP contribution in [0.4, 0.5) is 5.69 Å². The van der Waals surface area contributed by atoms with Gasteiger partial charge in [0.25, 0.3) is 5.91 Å². The van der Waals surface area contributed by atoms with Gasteiger partial charge in [-0.1, -0.05) is 12.1 Å². The summed E-state index contributed by atoms with van der Waals surface area (Å²) in [6.45, 7) is 4.54. The number of carbonyl (C=O) groups is 1. The molecule has 0 aliphatic heterocycles. The van der Waals surface area contributed by atoms with E-state index in [9.17, 15) is 4.79 Å². The van der Waals surface area contributed by atoms with Gasteiger partial charge in [-0.05, 0) is 25.5 Å². The molecule has 4 heteroatoms. The van der Waals surface area contributed by atoms with Gasteiger partial charge in [0.1, 0.15) is 4.88 Å². The van der Waals surface area contributed by atoms with E-state index in [0.717, 1.165) is 10.1 Å². The molecule has 0 unspecified atom stereocenters. The quantitative estimate of drug-likeness (QED) is 0.839. The van der Waals surface area contributed by atoms with Gasteiger partial charge in [0.15, 0.2) is 0 Å². The van der Waals surface area contributed by atoms with Crippen LogP contribution in [0, 0.1) is 6.92 Å². The molecule has 1 heterocycles. The first-order valence-corrected chi connectivity index (χ1v) is 6.02. The molecule has 2 rings (SSSR count). The summed E-state index contributed by atoms with van der Waals surface area (Å²) in [5.74, 6) is -0.0844. The van der Waals surface area contributed by atoms with Crippen molar-refractivity contribution in [2.45, 2.75) is 13.8 Å². The summed E-state index contributed by atoms with van der Waals surface area (Å²) >= 11 is 1.45. The summed E-state index contributed by atoms with van der Waals surface area (Å²) in [4.78, 5) is 12.4. The number of nitrogen functional groups attached to an aromatic ring is 1. The summed E-state index contributed by atoms with van der Waals surface area (Å²) in [7, 11) is 0. The Morgan fingerprint density at radius 2 is 2.25 bits per heavy atom. The first kappa shape index (κ1) is 11.0. The molecule has 0 saturated carbocycles. The first-order chi connectivity index (χ1) is 7.63. The molecular weight excluding hydrogens is 220 g/mol. The summed E-state index contributed by atoms with van der Waals surface area (Å²) in [6, 6.07) is 6.03. The van der Waals surface area contributed by atoms with Crippen molar-refractivity contribution in [1.29, 1.82) is 0 Å². The van der Waals surface area contributed by atoms with E-state index in [1.54, 1.807) is 0 Å². The fourth-order valence-corrected chi connectivity index (χ4v) is 2.77. The Balaban J connectivity index is 2.55. The second kappa shape index (κ2) is 4.14. The van der Waals surface area contributed by atoms with Crippen LogP contribution in [-0.2, 0) is 0 Å².